The summed E-state index contributed by atoms with van der Waals surface area (Å²) in [6, 6.07) is 5.54. The molecule has 1 aromatic rings. The summed E-state index contributed by atoms with van der Waals surface area (Å²) in [4.78, 5) is 10.4. The van der Waals surface area contributed by atoms with E-state index in [1.54, 1.807) is 0 Å². The monoisotopic (exact) mass is 338 g/mol. The van der Waals surface area contributed by atoms with Crippen LogP contribution in [0.1, 0.15) is 40.0 Å². The Morgan fingerprint density at radius 3 is 2.52 bits per heavy atom. The van der Waals surface area contributed by atoms with E-state index >= 15 is 0 Å². The molecule has 2 atom stereocenters. The van der Waals surface area contributed by atoms with Gasteiger partial charge in [-0.25, -0.2) is 8.42 Å². The maximum Gasteiger partial charge on any atom is 0.289 e. The van der Waals surface area contributed by atoms with Crippen LogP contribution in [0.15, 0.2) is 29.2 Å². The molecule has 0 unspecified atom stereocenters. The molecule has 1 saturated carbocycles. The number of benzene rings is 1. The molecule has 126 valence electrons. The Labute approximate surface area is 136 Å². The summed E-state index contributed by atoms with van der Waals surface area (Å²) < 4.78 is 27.7. The molecular formula is C16H22N2O4S. The molecule has 6 nitrogen and oxygen atoms in total. The minimum absolute atomic E-state index is 0.0525. The molecule has 1 aliphatic heterocycles. The van der Waals surface area contributed by atoms with Crippen molar-refractivity contribution >= 4 is 15.7 Å². The van der Waals surface area contributed by atoms with Crippen molar-refractivity contribution in [2.45, 2.75) is 51.0 Å². The number of nitro benzene ring substituents is 1. The van der Waals surface area contributed by atoms with E-state index in [0.717, 1.165) is 19.3 Å². The van der Waals surface area contributed by atoms with Crippen molar-refractivity contribution in [1.29, 1.82) is 0 Å². The average molecular weight is 338 g/mol. The van der Waals surface area contributed by atoms with Crippen LogP contribution in [0.5, 0.6) is 0 Å². The molecular weight excluding hydrogens is 316 g/mol. The topological polar surface area (TPSA) is 80.5 Å². The minimum Gasteiger partial charge on any atom is -0.258 e. The molecule has 2 fully saturated rings. The summed E-state index contributed by atoms with van der Waals surface area (Å²) in [6.07, 6.45) is 2.60. The zero-order valence-electron chi connectivity index (χ0n) is 13.7. The minimum atomic E-state index is -3.87. The van der Waals surface area contributed by atoms with Crippen LogP contribution in [-0.2, 0) is 10.0 Å². The van der Waals surface area contributed by atoms with E-state index in [4.69, 9.17) is 0 Å². The molecule has 1 aromatic carbocycles. The number of sulfonamides is 1. The Morgan fingerprint density at radius 1 is 1.22 bits per heavy atom. The van der Waals surface area contributed by atoms with Crippen LogP contribution in [-0.4, -0.2) is 30.2 Å². The normalized spacial score (nSPS) is 30.3. The fourth-order valence-corrected chi connectivity index (χ4v) is 6.57. The molecule has 0 N–H and O–H groups in total. The van der Waals surface area contributed by atoms with Crippen molar-refractivity contribution in [2.75, 3.05) is 6.54 Å². The second-order valence-electron chi connectivity index (χ2n) is 7.99. The van der Waals surface area contributed by atoms with E-state index < -0.39 is 14.9 Å². The molecule has 0 radical (unpaired) electrons. The number of hydrogen-bond acceptors (Lipinski definition) is 4. The first-order valence-electron chi connectivity index (χ1n) is 7.79. The van der Waals surface area contributed by atoms with Gasteiger partial charge < -0.3 is 0 Å². The molecule has 7 heteroatoms. The molecule has 0 amide bonds. The number of fused-ring (bicyclic) bond motifs is 2. The SMILES string of the molecule is CC1(C)C[C@H]2C[C@](C)(CN2S(=O)(=O)c2ccccc2[N+](=O)[O-])C1. The highest BCUT2D eigenvalue weighted by molar-refractivity contribution is 7.89. The number of rotatable bonds is 3. The Kier molecular flexibility index (Phi) is 3.57. The lowest BCUT2D eigenvalue weighted by molar-refractivity contribution is -0.387. The first kappa shape index (κ1) is 16.4. The van der Waals surface area contributed by atoms with E-state index in [1.807, 2.05) is 0 Å². The summed E-state index contributed by atoms with van der Waals surface area (Å²) in [7, 11) is -3.87. The third-order valence-electron chi connectivity index (χ3n) is 5.02. The molecule has 1 saturated heterocycles. The van der Waals surface area contributed by atoms with Gasteiger partial charge in [-0.1, -0.05) is 32.9 Å². The van der Waals surface area contributed by atoms with E-state index in [9.17, 15) is 18.5 Å². The van der Waals surface area contributed by atoms with E-state index in [1.165, 1.54) is 28.6 Å². The average Bonchev–Trinajstić information content (AvgIpc) is 2.68. The standard InChI is InChI=1S/C16H22N2O4S/c1-15(2)8-12-9-16(3,10-15)11-17(12)23(21,22)14-7-5-4-6-13(14)18(19)20/h4-7,12H,8-11H2,1-3H3/t12-,16-/m0/s1. The van der Waals surface area contributed by atoms with Gasteiger partial charge >= 0.3 is 0 Å². The Morgan fingerprint density at radius 2 is 1.87 bits per heavy atom. The first-order chi connectivity index (χ1) is 10.5. The van der Waals surface area contributed by atoms with Crippen LogP contribution in [0.3, 0.4) is 0 Å². The summed E-state index contributed by atoms with van der Waals surface area (Å²) in [5, 5.41) is 11.2. The van der Waals surface area contributed by atoms with E-state index in [-0.39, 0.29) is 27.5 Å². The molecule has 0 spiro atoms. The van der Waals surface area contributed by atoms with Gasteiger partial charge in [0.05, 0.1) is 4.92 Å². The maximum absolute atomic E-state index is 13.1. The number of nitrogens with zero attached hydrogens (tertiary/aromatic N) is 2. The number of hydrogen-bond donors (Lipinski definition) is 0. The lowest BCUT2D eigenvalue weighted by Crippen LogP contribution is -2.37. The maximum atomic E-state index is 13.1. The predicted molar refractivity (Wildman–Crippen MR) is 86.5 cm³/mol. The highest BCUT2D eigenvalue weighted by Crippen LogP contribution is 2.53. The van der Waals surface area contributed by atoms with Crippen LogP contribution in [0.25, 0.3) is 0 Å². The fourth-order valence-electron chi connectivity index (χ4n) is 4.64. The molecule has 2 aliphatic rings. The predicted octanol–water partition coefficient (Wildman–Crippen LogP) is 3.18. The highest BCUT2D eigenvalue weighted by atomic mass is 32.2. The van der Waals surface area contributed by atoms with E-state index in [0.29, 0.717) is 6.54 Å². The molecule has 23 heavy (non-hydrogen) atoms. The zero-order chi connectivity index (χ0) is 17.0. The van der Waals surface area contributed by atoms with Crippen molar-refractivity contribution in [1.82, 2.24) is 4.31 Å². The smallest absolute Gasteiger partial charge is 0.258 e. The van der Waals surface area contributed by atoms with Crippen molar-refractivity contribution in [3.63, 3.8) is 0 Å². The van der Waals surface area contributed by atoms with Crippen molar-refractivity contribution in [3.05, 3.63) is 34.4 Å². The van der Waals surface area contributed by atoms with Crippen molar-refractivity contribution in [3.8, 4) is 0 Å². The number of nitro groups is 1. The van der Waals surface area contributed by atoms with Crippen LogP contribution >= 0.6 is 0 Å². The number of para-hydroxylation sites is 1. The second-order valence-corrected chi connectivity index (χ2v) is 9.85. The van der Waals surface area contributed by atoms with Gasteiger partial charge in [-0.15, -0.1) is 0 Å². The van der Waals surface area contributed by atoms with Crippen molar-refractivity contribution in [2.24, 2.45) is 10.8 Å². The van der Waals surface area contributed by atoms with Crippen LogP contribution < -0.4 is 0 Å². The summed E-state index contributed by atoms with van der Waals surface area (Å²) >= 11 is 0. The fraction of sp³-hybridized carbons (Fsp3) is 0.625. The van der Waals surface area contributed by atoms with Crippen LogP contribution in [0, 0.1) is 20.9 Å². The van der Waals surface area contributed by atoms with Gasteiger partial charge in [0.15, 0.2) is 4.90 Å². The molecule has 1 heterocycles. The molecule has 2 bridgehead atoms. The van der Waals surface area contributed by atoms with Gasteiger partial charge in [0.25, 0.3) is 5.69 Å². The van der Waals surface area contributed by atoms with Gasteiger partial charge in [0, 0.05) is 18.7 Å². The van der Waals surface area contributed by atoms with Gasteiger partial charge in [-0.2, -0.15) is 4.31 Å². The molecule has 0 aromatic heterocycles. The van der Waals surface area contributed by atoms with Crippen LogP contribution in [0.2, 0.25) is 0 Å². The third-order valence-corrected chi connectivity index (χ3v) is 6.96. The van der Waals surface area contributed by atoms with Crippen molar-refractivity contribution < 1.29 is 13.3 Å². The lowest BCUT2D eigenvalue weighted by Gasteiger charge is -2.39. The van der Waals surface area contributed by atoms with Crippen LogP contribution in [0.4, 0.5) is 5.69 Å². The Bertz CT molecular complexity index is 759. The molecule has 1 aliphatic carbocycles. The van der Waals surface area contributed by atoms with Gasteiger partial charge in [-0.05, 0) is 36.2 Å². The first-order valence-corrected chi connectivity index (χ1v) is 9.23. The molecule has 3 rings (SSSR count). The summed E-state index contributed by atoms with van der Waals surface area (Å²) in [6.45, 7) is 6.89. The summed E-state index contributed by atoms with van der Waals surface area (Å²) in [5.74, 6) is 0. The van der Waals surface area contributed by atoms with E-state index in [2.05, 4.69) is 20.8 Å². The van der Waals surface area contributed by atoms with Gasteiger partial charge in [0.2, 0.25) is 10.0 Å². The zero-order valence-corrected chi connectivity index (χ0v) is 14.5. The van der Waals surface area contributed by atoms with Gasteiger partial charge in [-0.3, -0.25) is 10.1 Å². The summed E-state index contributed by atoms with van der Waals surface area (Å²) in [5.41, 5.74) is -0.313. The third kappa shape index (κ3) is 2.76. The quantitative estimate of drug-likeness (QED) is 0.626. The Balaban J connectivity index is 2.04. The van der Waals surface area contributed by atoms with Gasteiger partial charge in [0.1, 0.15) is 0 Å². The lowest BCUT2D eigenvalue weighted by atomic mass is 9.65. The Hall–Kier alpha value is -1.47. The second kappa shape index (κ2) is 5.01. The highest BCUT2D eigenvalue weighted by Gasteiger charge is 2.53. The largest absolute Gasteiger partial charge is 0.289 e.